The molecule has 1 fully saturated rings. The summed E-state index contributed by atoms with van der Waals surface area (Å²) < 4.78 is 5.42. The van der Waals surface area contributed by atoms with Gasteiger partial charge in [0, 0.05) is 6.61 Å². The SMILES string of the molecule is Cc1c(C(C(=O)[O-])(C(=O)[O-])C2CCCO2)ccc2ccccc12.[Na+].[Na+]. The van der Waals surface area contributed by atoms with Crippen molar-refractivity contribution in [2.75, 3.05) is 6.61 Å². The number of rotatable bonds is 4. The van der Waals surface area contributed by atoms with E-state index in [1.807, 2.05) is 24.3 Å². The van der Waals surface area contributed by atoms with Crippen LogP contribution < -0.4 is 69.3 Å². The van der Waals surface area contributed by atoms with Crippen LogP contribution in [0.1, 0.15) is 24.0 Å². The molecule has 1 aliphatic heterocycles. The molecule has 25 heavy (non-hydrogen) atoms. The third kappa shape index (κ3) is 3.69. The fourth-order valence-corrected chi connectivity index (χ4v) is 3.51. The largest absolute Gasteiger partial charge is 1.00 e. The summed E-state index contributed by atoms with van der Waals surface area (Å²) in [7, 11) is 0. The van der Waals surface area contributed by atoms with Crippen LogP contribution in [-0.2, 0) is 19.7 Å². The second-order valence-corrected chi connectivity index (χ2v) is 5.84. The normalized spacial score (nSPS) is 16.8. The van der Waals surface area contributed by atoms with Gasteiger partial charge in [0.2, 0.25) is 0 Å². The Labute approximate surface area is 190 Å². The van der Waals surface area contributed by atoms with E-state index in [0.717, 1.165) is 10.8 Å². The van der Waals surface area contributed by atoms with E-state index >= 15 is 0 Å². The van der Waals surface area contributed by atoms with E-state index in [0.29, 0.717) is 25.0 Å². The van der Waals surface area contributed by atoms with Crippen molar-refractivity contribution in [1.82, 2.24) is 0 Å². The second-order valence-electron chi connectivity index (χ2n) is 5.84. The number of aliphatic carboxylic acids is 2. The standard InChI is InChI=1S/C18H18O5.2Na/c1-11-13-6-3-2-5-12(13)8-9-14(11)18(16(19)20,17(21)22)15-7-4-10-23-15;;/h2-3,5-6,8-9,15H,4,7,10H2,1H3,(H,19,20)(H,21,22);;/q;2*+1/p-2. The van der Waals surface area contributed by atoms with Crippen LogP contribution in [0.2, 0.25) is 0 Å². The first-order valence-corrected chi connectivity index (χ1v) is 7.53. The summed E-state index contributed by atoms with van der Waals surface area (Å²) >= 11 is 0. The first-order chi connectivity index (χ1) is 11.0. The van der Waals surface area contributed by atoms with Gasteiger partial charge in [-0.1, -0.05) is 36.4 Å². The van der Waals surface area contributed by atoms with Gasteiger partial charge in [-0.2, -0.15) is 0 Å². The molecule has 0 radical (unpaired) electrons. The molecule has 0 N–H and O–H groups in total. The van der Waals surface area contributed by atoms with Gasteiger partial charge >= 0.3 is 59.1 Å². The summed E-state index contributed by atoms with van der Waals surface area (Å²) in [5.74, 6) is -3.38. The summed E-state index contributed by atoms with van der Waals surface area (Å²) in [6.45, 7) is 2.05. The second kappa shape index (κ2) is 9.00. The van der Waals surface area contributed by atoms with Crippen molar-refractivity contribution >= 4 is 22.7 Å². The molecule has 1 aliphatic rings. The van der Waals surface area contributed by atoms with Crippen LogP contribution in [-0.4, -0.2) is 24.6 Å². The van der Waals surface area contributed by atoms with Crippen molar-refractivity contribution in [3.8, 4) is 0 Å². The molecule has 0 aromatic heterocycles. The van der Waals surface area contributed by atoms with Crippen LogP contribution >= 0.6 is 0 Å². The van der Waals surface area contributed by atoms with Crippen LogP contribution in [0.4, 0.5) is 0 Å². The maximum Gasteiger partial charge on any atom is 1.00 e. The Morgan fingerprint density at radius 3 is 2.28 bits per heavy atom. The van der Waals surface area contributed by atoms with E-state index in [2.05, 4.69) is 0 Å². The number of ether oxygens (including phenoxy) is 1. The molecule has 5 nitrogen and oxygen atoms in total. The third-order valence-corrected chi connectivity index (χ3v) is 4.68. The summed E-state index contributed by atoms with van der Waals surface area (Å²) in [4.78, 5) is 23.9. The van der Waals surface area contributed by atoms with Gasteiger partial charge in [0.05, 0.1) is 18.0 Å². The molecule has 2 aromatic rings. The van der Waals surface area contributed by atoms with Crippen molar-refractivity contribution in [2.45, 2.75) is 31.3 Å². The number of carboxylic acids is 2. The Bertz CT molecular complexity index is 770. The zero-order valence-corrected chi connectivity index (χ0v) is 18.7. The van der Waals surface area contributed by atoms with Gasteiger partial charge < -0.3 is 24.5 Å². The predicted octanol–water partition coefficient (Wildman–Crippen LogP) is -5.93. The molecule has 0 aliphatic carbocycles. The zero-order valence-electron chi connectivity index (χ0n) is 14.7. The average Bonchev–Trinajstić information content (AvgIpc) is 3.04. The van der Waals surface area contributed by atoms with E-state index < -0.39 is 23.5 Å². The maximum atomic E-state index is 11.9. The van der Waals surface area contributed by atoms with Crippen molar-refractivity contribution in [2.24, 2.45) is 0 Å². The van der Waals surface area contributed by atoms with Crippen LogP contribution in [0.5, 0.6) is 0 Å². The first-order valence-electron chi connectivity index (χ1n) is 7.53. The van der Waals surface area contributed by atoms with Gasteiger partial charge in [-0.05, 0) is 41.7 Å². The van der Waals surface area contributed by atoms with Crippen molar-refractivity contribution in [1.29, 1.82) is 0 Å². The number of hydrogen-bond acceptors (Lipinski definition) is 5. The molecule has 0 amide bonds. The molecular formula is C18H16Na2O5. The molecule has 2 aromatic carbocycles. The van der Waals surface area contributed by atoms with E-state index in [4.69, 9.17) is 4.74 Å². The minimum absolute atomic E-state index is 0. The Morgan fingerprint density at radius 1 is 1.08 bits per heavy atom. The molecule has 0 bridgehead atoms. The maximum absolute atomic E-state index is 11.9. The van der Waals surface area contributed by atoms with E-state index in [1.165, 1.54) is 6.07 Å². The summed E-state index contributed by atoms with van der Waals surface area (Å²) in [6, 6.07) is 10.7. The molecule has 7 heteroatoms. The molecule has 1 heterocycles. The van der Waals surface area contributed by atoms with Gasteiger partial charge in [0.15, 0.2) is 0 Å². The molecule has 3 rings (SSSR count). The van der Waals surface area contributed by atoms with E-state index in [1.54, 1.807) is 13.0 Å². The third-order valence-electron chi connectivity index (χ3n) is 4.68. The Kier molecular flexibility index (Phi) is 8.15. The van der Waals surface area contributed by atoms with E-state index in [-0.39, 0.29) is 64.7 Å². The molecular weight excluding hydrogens is 342 g/mol. The van der Waals surface area contributed by atoms with E-state index in [9.17, 15) is 19.8 Å². The van der Waals surface area contributed by atoms with Crippen molar-refractivity contribution in [3.63, 3.8) is 0 Å². The topological polar surface area (TPSA) is 89.5 Å². The number of carbonyl (C=O) groups is 2. The monoisotopic (exact) mass is 358 g/mol. The van der Waals surface area contributed by atoms with Gasteiger partial charge in [0.25, 0.3) is 0 Å². The molecule has 120 valence electrons. The first kappa shape index (κ1) is 22.6. The quantitative estimate of drug-likeness (QED) is 0.401. The molecule has 0 saturated carbocycles. The number of carboxylic acid groups (broad SMARTS) is 2. The summed E-state index contributed by atoms with van der Waals surface area (Å²) in [6.07, 6.45) is -0.0363. The fraction of sp³-hybridized carbons (Fsp3) is 0.333. The van der Waals surface area contributed by atoms with Gasteiger partial charge in [0.1, 0.15) is 5.41 Å². The van der Waals surface area contributed by atoms with Crippen molar-refractivity contribution < 1.29 is 83.7 Å². The molecule has 1 atom stereocenters. The molecule has 1 saturated heterocycles. The summed E-state index contributed by atoms with van der Waals surface area (Å²) in [5.41, 5.74) is -1.54. The van der Waals surface area contributed by atoms with Gasteiger partial charge in [-0.25, -0.2) is 0 Å². The predicted molar refractivity (Wildman–Crippen MR) is 79.4 cm³/mol. The zero-order chi connectivity index (χ0) is 16.6. The Balaban J connectivity index is 0.00000156. The van der Waals surface area contributed by atoms with Gasteiger partial charge in [-0.15, -0.1) is 0 Å². The minimum atomic E-state index is -2.30. The Morgan fingerprint density at radius 2 is 1.72 bits per heavy atom. The number of aryl methyl sites for hydroxylation is 1. The van der Waals surface area contributed by atoms with Crippen molar-refractivity contribution in [3.05, 3.63) is 47.5 Å². The number of fused-ring (bicyclic) bond motifs is 1. The van der Waals surface area contributed by atoms with Crippen LogP contribution in [0.3, 0.4) is 0 Å². The fourth-order valence-electron chi connectivity index (χ4n) is 3.51. The number of benzene rings is 2. The van der Waals surface area contributed by atoms with Crippen LogP contribution in [0.25, 0.3) is 10.8 Å². The minimum Gasteiger partial charge on any atom is -0.549 e. The van der Waals surface area contributed by atoms with Crippen LogP contribution in [0.15, 0.2) is 36.4 Å². The number of hydrogen-bond donors (Lipinski definition) is 0. The van der Waals surface area contributed by atoms with Gasteiger partial charge in [-0.3, -0.25) is 0 Å². The summed E-state index contributed by atoms with van der Waals surface area (Å²) in [5, 5.41) is 25.6. The molecule has 0 spiro atoms. The smallest absolute Gasteiger partial charge is 0.549 e. The Hall–Kier alpha value is -0.400. The van der Waals surface area contributed by atoms with Crippen LogP contribution in [0, 0.1) is 6.92 Å². The average molecular weight is 358 g/mol. The molecule has 1 unspecified atom stereocenters. The number of carbonyl (C=O) groups excluding carboxylic acids is 2.